The molecule has 1 aromatic carbocycles. The molecule has 1 aliphatic rings. The number of halogens is 1. The molecule has 1 heterocycles. The molecule has 1 atom stereocenters. The third-order valence-electron chi connectivity index (χ3n) is 3.67. The van der Waals surface area contributed by atoms with Crippen molar-refractivity contribution in [3.8, 4) is 0 Å². The van der Waals surface area contributed by atoms with E-state index in [9.17, 15) is 4.79 Å². The number of nitrogens with zero attached hydrogens (tertiary/aromatic N) is 1. The number of hydrogen-bond acceptors (Lipinski definition) is 2. The largest absolute Gasteiger partial charge is 0.397 e. The maximum absolute atomic E-state index is 12.4. The lowest BCUT2D eigenvalue weighted by Gasteiger charge is -2.32. The number of carbonyl (C=O) groups excluding carboxylic acids is 1. The number of hydrogen-bond donors (Lipinski definition) is 1. The van der Waals surface area contributed by atoms with Gasteiger partial charge in [-0.3, -0.25) is 4.79 Å². The molecule has 1 aromatic rings. The summed E-state index contributed by atoms with van der Waals surface area (Å²) in [7, 11) is 0. The summed E-state index contributed by atoms with van der Waals surface area (Å²) in [4.78, 5) is 14.3. The zero-order valence-corrected chi connectivity index (χ0v) is 11.4. The fourth-order valence-electron chi connectivity index (χ4n) is 2.48. The van der Waals surface area contributed by atoms with Crippen LogP contribution >= 0.6 is 11.6 Å². The molecule has 4 heteroatoms. The maximum atomic E-state index is 12.4. The SMILES string of the molecule is CCC1CCCN(C(=O)c2cccc(Cl)c2N)C1. The Hall–Kier alpha value is -1.22. The summed E-state index contributed by atoms with van der Waals surface area (Å²) < 4.78 is 0. The van der Waals surface area contributed by atoms with Crippen molar-refractivity contribution in [1.29, 1.82) is 0 Å². The quantitative estimate of drug-likeness (QED) is 0.836. The second-order valence-corrected chi connectivity index (χ2v) is 5.28. The molecule has 1 saturated heterocycles. The molecule has 1 aliphatic heterocycles. The molecule has 0 spiro atoms. The number of para-hydroxylation sites is 1. The molecular formula is C14H19ClN2O. The van der Waals surface area contributed by atoms with Crippen LogP contribution in [0.2, 0.25) is 5.02 Å². The number of benzene rings is 1. The zero-order valence-electron chi connectivity index (χ0n) is 10.7. The smallest absolute Gasteiger partial charge is 0.256 e. The summed E-state index contributed by atoms with van der Waals surface area (Å²) in [6.45, 7) is 3.83. The predicted octanol–water partition coefficient (Wildman–Crippen LogP) is 3.18. The van der Waals surface area contributed by atoms with Gasteiger partial charge in [-0.1, -0.05) is 31.0 Å². The van der Waals surface area contributed by atoms with Crippen LogP contribution < -0.4 is 5.73 Å². The van der Waals surface area contributed by atoms with Crippen LogP contribution in [0, 0.1) is 5.92 Å². The van der Waals surface area contributed by atoms with E-state index in [1.165, 1.54) is 6.42 Å². The van der Waals surface area contributed by atoms with E-state index in [1.807, 2.05) is 4.90 Å². The average molecular weight is 267 g/mol. The standard InChI is InChI=1S/C14H19ClN2O/c1-2-10-5-4-8-17(9-10)14(18)11-6-3-7-12(15)13(11)16/h3,6-7,10H,2,4-5,8-9,16H2,1H3. The van der Waals surface area contributed by atoms with Crippen molar-refractivity contribution < 1.29 is 4.79 Å². The second-order valence-electron chi connectivity index (χ2n) is 4.87. The summed E-state index contributed by atoms with van der Waals surface area (Å²) in [5.74, 6) is 0.622. The molecule has 0 aromatic heterocycles. The van der Waals surface area contributed by atoms with E-state index in [4.69, 9.17) is 17.3 Å². The van der Waals surface area contributed by atoms with Gasteiger partial charge in [0.1, 0.15) is 0 Å². The van der Waals surface area contributed by atoms with Crippen LogP contribution in [0.1, 0.15) is 36.5 Å². The highest BCUT2D eigenvalue weighted by Gasteiger charge is 2.24. The molecule has 0 aliphatic carbocycles. The van der Waals surface area contributed by atoms with Crippen molar-refractivity contribution in [3.63, 3.8) is 0 Å². The van der Waals surface area contributed by atoms with Crippen LogP contribution in [0.15, 0.2) is 18.2 Å². The van der Waals surface area contributed by atoms with Gasteiger partial charge < -0.3 is 10.6 Å². The lowest BCUT2D eigenvalue weighted by molar-refractivity contribution is 0.0672. The number of nitrogen functional groups attached to an aromatic ring is 1. The van der Waals surface area contributed by atoms with Crippen molar-refractivity contribution >= 4 is 23.2 Å². The highest BCUT2D eigenvalue weighted by atomic mass is 35.5. The molecule has 3 nitrogen and oxygen atoms in total. The van der Waals surface area contributed by atoms with Gasteiger partial charge in [0.15, 0.2) is 0 Å². The Morgan fingerprint density at radius 2 is 2.33 bits per heavy atom. The van der Waals surface area contributed by atoms with Crippen LogP contribution in [0.3, 0.4) is 0 Å². The Morgan fingerprint density at radius 1 is 1.56 bits per heavy atom. The van der Waals surface area contributed by atoms with Gasteiger partial charge in [-0.15, -0.1) is 0 Å². The average Bonchev–Trinajstić information content (AvgIpc) is 2.41. The fourth-order valence-corrected chi connectivity index (χ4v) is 2.65. The number of anilines is 1. The van der Waals surface area contributed by atoms with Gasteiger partial charge in [0.05, 0.1) is 16.3 Å². The molecule has 0 saturated carbocycles. The molecule has 2 N–H and O–H groups in total. The Kier molecular flexibility index (Phi) is 4.12. The lowest BCUT2D eigenvalue weighted by Crippen LogP contribution is -2.40. The minimum atomic E-state index is 0.00755. The number of likely N-dealkylation sites (tertiary alicyclic amines) is 1. The van der Waals surface area contributed by atoms with E-state index >= 15 is 0 Å². The van der Waals surface area contributed by atoms with Gasteiger partial charge in [-0.05, 0) is 30.9 Å². The van der Waals surface area contributed by atoms with Gasteiger partial charge in [0.2, 0.25) is 0 Å². The highest BCUT2D eigenvalue weighted by Crippen LogP contribution is 2.26. The third kappa shape index (κ3) is 2.61. The van der Waals surface area contributed by atoms with Gasteiger partial charge >= 0.3 is 0 Å². The highest BCUT2D eigenvalue weighted by molar-refractivity contribution is 6.33. The summed E-state index contributed by atoms with van der Waals surface area (Å²) in [5.41, 5.74) is 6.80. The van der Waals surface area contributed by atoms with E-state index in [0.29, 0.717) is 22.2 Å². The first kappa shape index (κ1) is 13.2. The maximum Gasteiger partial charge on any atom is 0.256 e. The van der Waals surface area contributed by atoms with E-state index in [1.54, 1.807) is 18.2 Å². The molecule has 98 valence electrons. The van der Waals surface area contributed by atoms with Crippen molar-refractivity contribution in [3.05, 3.63) is 28.8 Å². The molecule has 0 bridgehead atoms. The van der Waals surface area contributed by atoms with E-state index < -0.39 is 0 Å². The molecule has 1 fully saturated rings. The Morgan fingerprint density at radius 3 is 3.06 bits per heavy atom. The van der Waals surface area contributed by atoms with Gasteiger partial charge in [-0.25, -0.2) is 0 Å². The van der Waals surface area contributed by atoms with Crippen LogP contribution in [-0.4, -0.2) is 23.9 Å². The van der Waals surface area contributed by atoms with Gasteiger partial charge in [0.25, 0.3) is 5.91 Å². The molecular weight excluding hydrogens is 248 g/mol. The summed E-state index contributed by atoms with van der Waals surface area (Å²) in [6, 6.07) is 5.23. The first-order chi connectivity index (χ1) is 8.63. The summed E-state index contributed by atoms with van der Waals surface area (Å²) in [5, 5.41) is 0.449. The second kappa shape index (κ2) is 5.61. The third-order valence-corrected chi connectivity index (χ3v) is 4.00. The topological polar surface area (TPSA) is 46.3 Å². The predicted molar refractivity (Wildman–Crippen MR) is 74.8 cm³/mol. The number of rotatable bonds is 2. The first-order valence-electron chi connectivity index (χ1n) is 6.46. The van der Waals surface area contributed by atoms with Crippen molar-refractivity contribution in [2.75, 3.05) is 18.8 Å². The van der Waals surface area contributed by atoms with Gasteiger partial charge in [-0.2, -0.15) is 0 Å². The van der Waals surface area contributed by atoms with Gasteiger partial charge in [0, 0.05) is 13.1 Å². The normalized spacial score (nSPS) is 19.9. The minimum absolute atomic E-state index is 0.00755. The molecule has 1 amide bonds. The van der Waals surface area contributed by atoms with Crippen LogP contribution in [0.4, 0.5) is 5.69 Å². The van der Waals surface area contributed by atoms with E-state index in [-0.39, 0.29) is 5.91 Å². The lowest BCUT2D eigenvalue weighted by atomic mass is 9.95. The van der Waals surface area contributed by atoms with E-state index in [0.717, 1.165) is 25.9 Å². The fraction of sp³-hybridized carbons (Fsp3) is 0.500. The number of amides is 1. The number of carbonyl (C=O) groups is 1. The molecule has 0 radical (unpaired) electrons. The van der Waals surface area contributed by atoms with E-state index in [2.05, 4.69) is 6.92 Å². The molecule has 1 unspecified atom stereocenters. The number of piperidine rings is 1. The minimum Gasteiger partial charge on any atom is -0.397 e. The monoisotopic (exact) mass is 266 g/mol. The van der Waals surface area contributed by atoms with Crippen molar-refractivity contribution in [2.24, 2.45) is 5.92 Å². The van der Waals surface area contributed by atoms with Crippen LogP contribution in [-0.2, 0) is 0 Å². The Bertz CT molecular complexity index is 447. The van der Waals surface area contributed by atoms with Crippen LogP contribution in [0.5, 0.6) is 0 Å². The zero-order chi connectivity index (χ0) is 13.1. The Balaban J connectivity index is 2.18. The summed E-state index contributed by atoms with van der Waals surface area (Å²) >= 11 is 5.96. The summed E-state index contributed by atoms with van der Waals surface area (Å²) in [6.07, 6.45) is 3.41. The number of nitrogens with two attached hydrogens (primary N) is 1. The molecule has 2 rings (SSSR count). The van der Waals surface area contributed by atoms with Crippen molar-refractivity contribution in [1.82, 2.24) is 4.90 Å². The Labute approximate surface area is 113 Å². The van der Waals surface area contributed by atoms with Crippen molar-refractivity contribution in [2.45, 2.75) is 26.2 Å². The first-order valence-corrected chi connectivity index (χ1v) is 6.84. The molecule has 18 heavy (non-hydrogen) atoms. The van der Waals surface area contributed by atoms with Crippen LogP contribution in [0.25, 0.3) is 0 Å².